The summed E-state index contributed by atoms with van der Waals surface area (Å²) in [5.74, 6) is 0.739. The molecule has 0 amide bonds. The second-order valence-electron chi connectivity index (χ2n) is 3.36. The van der Waals surface area contributed by atoms with Crippen LogP contribution in [0.5, 0.6) is 0 Å². The van der Waals surface area contributed by atoms with Crippen LogP contribution in [0.2, 0.25) is 5.15 Å². The summed E-state index contributed by atoms with van der Waals surface area (Å²) in [7, 11) is 0. The van der Waals surface area contributed by atoms with Gasteiger partial charge in [-0.1, -0.05) is 25.4 Å². The SMILES string of the molecule is CCc1nc(Cl)cc(SC(C)C(C)O)n1. The Kier molecular flexibility index (Phi) is 4.83. The van der Waals surface area contributed by atoms with Crippen LogP contribution in [0.3, 0.4) is 0 Å². The number of aryl methyl sites for hydroxylation is 1. The fourth-order valence-corrected chi connectivity index (χ4v) is 2.13. The summed E-state index contributed by atoms with van der Waals surface area (Å²) in [4.78, 5) is 8.41. The molecule has 0 aliphatic carbocycles. The van der Waals surface area contributed by atoms with Gasteiger partial charge in [0.05, 0.1) is 6.10 Å². The summed E-state index contributed by atoms with van der Waals surface area (Å²) < 4.78 is 0. The van der Waals surface area contributed by atoms with Gasteiger partial charge in [-0.05, 0) is 6.92 Å². The number of aliphatic hydroxyl groups is 1. The summed E-state index contributed by atoms with van der Waals surface area (Å²) in [6.45, 7) is 5.70. The lowest BCUT2D eigenvalue weighted by Crippen LogP contribution is -2.15. The van der Waals surface area contributed by atoms with Crippen LogP contribution in [0.15, 0.2) is 11.1 Å². The van der Waals surface area contributed by atoms with Crippen molar-refractivity contribution in [2.24, 2.45) is 0 Å². The molecular weight excluding hydrogens is 232 g/mol. The first-order chi connectivity index (χ1) is 7.02. The van der Waals surface area contributed by atoms with E-state index in [-0.39, 0.29) is 11.4 Å². The van der Waals surface area contributed by atoms with Gasteiger partial charge in [0.15, 0.2) is 0 Å². The number of rotatable bonds is 4. The molecule has 0 aliphatic heterocycles. The molecule has 15 heavy (non-hydrogen) atoms. The van der Waals surface area contributed by atoms with Crippen molar-refractivity contribution >= 4 is 23.4 Å². The maximum absolute atomic E-state index is 9.38. The van der Waals surface area contributed by atoms with Gasteiger partial charge in [-0.15, -0.1) is 11.8 Å². The number of thioether (sulfide) groups is 1. The Labute approximate surface area is 99.3 Å². The molecule has 5 heteroatoms. The van der Waals surface area contributed by atoms with Crippen LogP contribution in [0.1, 0.15) is 26.6 Å². The largest absolute Gasteiger partial charge is 0.392 e. The molecule has 0 spiro atoms. The van der Waals surface area contributed by atoms with E-state index in [0.29, 0.717) is 5.15 Å². The number of hydrogen-bond acceptors (Lipinski definition) is 4. The highest BCUT2D eigenvalue weighted by Gasteiger charge is 2.12. The van der Waals surface area contributed by atoms with E-state index in [2.05, 4.69) is 9.97 Å². The highest BCUT2D eigenvalue weighted by molar-refractivity contribution is 7.99. The molecule has 3 nitrogen and oxygen atoms in total. The molecule has 0 fully saturated rings. The van der Waals surface area contributed by atoms with Crippen molar-refractivity contribution in [2.75, 3.05) is 0 Å². The average Bonchev–Trinajstić information content (AvgIpc) is 2.16. The van der Waals surface area contributed by atoms with E-state index in [0.717, 1.165) is 17.3 Å². The zero-order chi connectivity index (χ0) is 11.4. The van der Waals surface area contributed by atoms with E-state index in [9.17, 15) is 5.11 Å². The fourth-order valence-electron chi connectivity index (χ4n) is 0.949. The highest BCUT2D eigenvalue weighted by Crippen LogP contribution is 2.25. The zero-order valence-corrected chi connectivity index (χ0v) is 10.6. The Morgan fingerprint density at radius 1 is 1.47 bits per heavy atom. The average molecular weight is 247 g/mol. The maximum atomic E-state index is 9.38. The minimum atomic E-state index is -0.367. The Bertz CT molecular complexity index is 333. The number of hydrogen-bond donors (Lipinski definition) is 1. The van der Waals surface area contributed by atoms with Gasteiger partial charge in [0.1, 0.15) is 16.0 Å². The van der Waals surface area contributed by atoms with Crippen molar-refractivity contribution in [1.82, 2.24) is 9.97 Å². The quantitative estimate of drug-likeness (QED) is 0.655. The van der Waals surface area contributed by atoms with Gasteiger partial charge in [-0.3, -0.25) is 0 Å². The molecule has 84 valence electrons. The smallest absolute Gasteiger partial charge is 0.133 e. The van der Waals surface area contributed by atoms with Gasteiger partial charge in [0.25, 0.3) is 0 Å². The Balaban J connectivity index is 2.80. The second-order valence-corrected chi connectivity index (χ2v) is 5.15. The minimum absolute atomic E-state index is 0.0978. The molecule has 0 saturated heterocycles. The standard InChI is InChI=1S/C10H15ClN2OS/c1-4-9-12-8(11)5-10(13-9)15-7(3)6(2)14/h5-7,14H,4H2,1-3H3. The molecule has 2 atom stereocenters. The molecular formula is C10H15ClN2OS. The van der Waals surface area contributed by atoms with Crippen molar-refractivity contribution < 1.29 is 5.11 Å². The Morgan fingerprint density at radius 3 is 2.67 bits per heavy atom. The number of aromatic nitrogens is 2. The third kappa shape index (κ3) is 3.97. The molecule has 1 rings (SSSR count). The molecule has 0 bridgehead atoms. The third-order valence-corrected chi connectivity index (χ3v) is 3.43. The van der Waals surface area contributed by atoms with Gasteiger partial charge in [0.2, 0.25) is 0 Å². The summed E-state index contributed by atoms with van der Waals surface area (Å²) in [5.41, 5.74) is 0. The van der Waals surface area contributed by atoms with Gasteiger partial charge >= 0.3 is 0 Å². The number of halogens is 1. The van der Waals surface area contributed by atoms with Crippen LogP contribution >= 0.6 is 23.4 Å². The summed E-state index contributed by atoms with van der Waals surface area (Å²) >= 11 is 7.37. The molecule has 0 radical (unpaired) electrons. The first-order valence-electron chi connectivity index (χ1n) is 4.91. The summed E-state index contributed by atoms with van der Waals surface area (Å²) in [6, 6.07) is 1.73. The van der Waals surface area contributed by atoms with E-state index in [1.54, 1.807) is 13.0 Å². The first kappa shape index (κ1) is 12.7. The van der Waals surface area contributed by atoms with Crippen molar-refractivity contribution in [3.8, 4) is 0 Å². The second kappa shape index (κ2) is 5.68. The molecule has 0 saturated carbocycles. The molecule has 1 N–H and O–H groups in total. The Morgan fingerprint density at radius 2 is 2.13 bits per heavy atom. The monoisotopic (exact) mass is 246 g/mol. The lowest BCUT2D eigenvalue weighted by atomic mass is 10.3. The zero-order valence-electron chi connectivity index (χ0n) is 9.07. The van der Waals surface area contributed by atoms with Crippen LogP contribution in [0, 0.1) is 0 Å². The molecule has 1 aromatic heterocycles. The van der Waals surface area contributed by atoms with Gasteiger partial charge in [-0.25, -0.2) is 9.97 Å². The van der Waals surface area contributed by atoms with Gasteiger partial charge in [-0.2, -0.15) is 0 Å². The first-order valence-corrected chi connectivity index (χ1v) is 6.17. The van der Waals surface area contributed by atoms with Gasteiger partial charge < -0.3 is 5.11 Å². The normalized spacial score (nSPS) is 15.0. The van der Waals surface area contributed by atoms with E-state index in [1.807, 2.05) is 13.8 Å². The maximum Gasteiger partial charge on any atom is 0.133 e. The van der Waals surface area contributed by atoms with E-state index in [1.165, 1.54) is 11.8 Å². The molecule has 0 aromatic carbocycles. The van der Waals surface area contributed by atoms with Crippen molar-refractivity contribution in [3.63, 3.8) is 0 Å². The van der Waals surface area contributed by atoms with E-state index < -0.39 is 0 Å². The highest BCUT2D eigenvalue weighted by atomic mass is 35.5. The van der Waals surface area contributed by atoms with Crippen molar-refractivity contribution in [2.45, 2.75) is 43.6 Å². The minimum Gasteiger partial charge on any atom is -0.392 e. The van der Waals surface area contributed by atoms with E-state index >= 15 is 0 Å². The predicted molar refractivity (Wildman–Crippen MR) is 63.4 cm³/mol. The lowest BCUT2D eigenvalue weighted by Gasteiger charge is -2.13. The summed E-state index contributed by atoms with van der Waals surface area (Å²) in [6.07, 6.45) is 0.394. The van der Waals surface area contributed by atoms with Crippen LogP contribution < -0.4 is 0 Å². The van der Waals surface area contributed by atoms with Gasteiger partial charge in [0, 0.05) is 17.7 Å². The Hall–Kier alpha value is -0.320. The molecule has 1 heterocycles. The van der Waals surface area contributed by atoms with Crippen molar-refractivity contribution in [1.29, 1.82) is 0 Å². The summed E-state index contributed by atoms with van der Waals surface area (Å²) in [5, 5.41) is 10.8. The van der Waals surface area contributed by atoms with Crippen LogP contribution in [0.4, 0.5) is 0 Å². The van der Waals surface area contributed by atoms with Crippen LogP contribution in [-0.2, 0) is 6.42 Å². The van der Waals surface area contributed by atoms with Crippen molar-refractivity contribution in [3.05, 3.63) is 17.0 Å². The van der Waals surface area contributed by atoms with E-state index in [4.69, 9.17) is 11.6 Å². The number of nitrogens with zero attached hydrogens (tertiary/aromatic N) is 2. The predicted octanol–water partition coefficient (Wildman–Crippen LogP) is 2.55. The topological polar surface area (TPSA) is 46.0 Å². The van der Waals surface area contributed by atoms with Crippen LogP contribution in [-0.4, -0.2) is 26.4 Å². The number of aliphatic hydroxyl groups excluding tert-OH is 1. The molecule has 2 unspecified atom stereocenters. The fraction of sp³-hybridized carbons (Fsp3) is 0.600. The molecule has 1 aromatic rings. The van der Waals surface area contributed by atoms with Crippen LogP contribution in [0.25, 0.3) is 0 Å². The lowest BCUT2D eigenvalue weighted by molar-refractivity contribution is 0.196. The molecule has 0 aliphatic rings. The third-order valence-electron chi connectivity index (χ3n) is 2.02.